The minimum Gasteiger partial charge on any atom is -0.349 e. The Kier molecular flexibility index (Phi) is 4.52. The van der Waals surface area contributed by atoms with E-state index in [2.05, 4.69) is 15.5 Å². The van der Waals surface area contributed by atoms with E-state index in [1.807, 2.05) is 13.2 Å². The number of hydrogen-bond acceptors (Lipinski definition) is 3. The van der Waals surface area contributed by atoms with Crippen LogP contribution in [0.25, 0.3) is 0 Å². The summed E-state index contributed by atoms with van der Waals surface area (Å²) in [7, 11) is 0. The Balaban J connectivity index is 2.33. The van der Waals surface area contributed by atoms with Gasteiger partial charge in [0.15, 0.2) is 0 Å². The number of carbonyl (C=O) groups is 1. The van der Waals surface area contributed by atoms with Crippen LogP contribution in [0.3, 0.4) is 0 Å². The van der Waals surface area contributed by atoms with Crippen LogP contribution in [0.1, 0.15) is 24.9 Å². The number of amides is 1. The quantitative estimate of drug-likeness (QED) is 0.776. The molecule has 2 N–H and O–H groups in total. The number of aromatic amines is 1. The highest BCUT2D eigenvalue weighted by Gasteiger charge is 2.09. The van der Waals surface area contributed by atoms with E-state index < -0.39 is 0 Å². The van der Waals surface area contributed by atoms with E-state index in [1.165, 1.54) is 0 Å². The van der Waals surface area contributed by atoms with Crippen LogP contribution in [-0.4, -0.2) is 28.1 Å². The normalized spacial score (nSPS) is 12.4. The van der Waals surface area contributed by atoms with Crippen LogP contribution in [0.15, 0.2) is 12.4 Å². The fraction of sp³-hybridized carbons (Fsp3) is 0.556. The third kappa shape index (κ3) is 3.41. The second-order valence-corrected chi connectivity index (χ2v) is 4.05. The van der Waals surface area contributed by atoms with Crippen molar-refractivity contribution in [1.29, 1.82) is 0 Å². The minimum atomic E-state index is 0.0307. The molecule has 14 heavy (non-hydrogen) atoms. The average molecular weight is 213 g/mol. The lowest BCUT2D eigenvalue weighted by atomic mass is 10.2. The maximum Gasteiger partial charge on any atom is 0.221 e. The van der Waals surface area contributed by atoms with Crippen molar-refractivity contribution in [3.8, 4) is 0 Å². The molecule has 0 fully saturated rings. The fourth-order valence-electron chi connectivity index (χ4n) is 1.09. The first-order chi connectivity index (χ1) is 6.74. The highest BCUT2D eigenvalue weighted by atomic mass is 32.2. The van der Waals surface area contributed by atoms with Crippen LogP contribution >= 0.6 is 11.8 Å². The molecule has 1 heterocycles. The van der Waals surface area contributed by atoms with Crippen molar-refractivity contribution in [2.24, 2.45) is 0 Å². The van der Waals surface area contributed by atoms with Crippen LogP contribution < -0.4 is 5.32 Å². The molecule has 1 aromatic heterocycles. The van der Waals surface area contributed by atoms with Gasteiger partial charge in [-0.25, -0.2) is 0 Å². The highest BCUT2D eigenvalue weighted by Crippen LogP contribution is 2.09. The largest absolute Gasteiger partial charge is 0.349 e. The van der Waals surface area contributed by atoms with Crippen LogP contribution in [0.2, 0.25) is 0 Å². The molecule has 0 aliphatic carbocycles. The molecule has 1 amide bonds. The lowest BCUT2D eigenvalue weighted by Gasteiger charge is -2.11. The first-order valence-electron chi connectivity index (χ1n) is 4.51. The van der Waals surface area contributed by atoms with Gasteiger partial charge < -0.3 is 5.32 Å². The lowest BCUT2D eigenvalue weighted by Crippen LogP contribution is -2.26. The van der Waals surface area contributed by atoms with Gasteiger partial charge in [-0.2, -0.15) is 16.9 Å². The van der Waals surface area contributed by atoms with E-state index in [9.17, 15) is 4.79 Å². The lowest BCUT2D eigenvalue weighted by molar-refractivity contribution is -0.121. The number of carbonyl (C=O) groups excluding carboxylic acids is 1. The van der Waals surface area contributed by atoms with Gasteiger partial charge in [0, 0.05) is 23.9 Å². The van der Waals surface area contributed by atoms with Crippen molar-refractivity contribution in [3.05, 3.63) is 18.0 Å². The van der Waals surface area contributed by atoms with E-state index in [1.54, 1.807) is 24.2 Å². The number of H-pyrrole nitrogens is 1. The van der Waals surface area contributed by atoms with Gasteiger partial charge in [-0.15, -0.1) is 0 Å². The summed E-state index contributed by atoms with van der Waals surface area (Å²) in [5, 5.41) is 9.46. The van der Waals surface area contributed by atoms with Crippen molar-refractivity contribution in [2.45, 2.75) is 19.4 Å². The van der Waals surface area contributed by atoms with Crippen molar-refractivity contribution in [2.75, 3.05) is 12.0 Å². The molecule has 0 spiro atoms. The predicted molar refractivity (Wildman–Crippen MR) is 58.1 cm³/mol. The SMILES string of the molecule is CSCCC(=O)NC(C)c1cn[nH]c1. The van der Waals surface area contributed by atoms with E-state index in [0.717, 1.165) is 11.3 Å². The molecular weight excluding hydrogens is 198 g/mol. The molecule has 1 rings (SSSR count). The van der Waals surface area contributed by atoms with Crippen LogP contribution in [-0.2, 0) is 4.79 Å². The Morgan fingerprint density at radius 3 is 3.14 bits per heavy atom. The molecule has 1 atom stereocenters. The zero-order valence-electron chi connectivity index (χ0n) is 8.41. The van der Waals surface area contributed by atoms with Crippen molar-refractivity contribution < 1.29 is 4.79 Å². The number of nitrogens with one attached hydrogen (secondary N) is 2. The Morgan fingerprint density at radius 1 is 1.79 bits per heavy atom. The van der Waals surface area contributed by atoms with E-state index in [0.29, 0.717) is 6.42 Å². The zero-order chi connectivity index (χ0) is 10.4. The summed E-state index contributed by atoms with van der Waals surface area (Å²) in [6.07, 6.45) is 6.08. The number of hydrogen-bond donors (Lipinski definition) is 2. The molecule has 0 aliphatic rings. The Morgan fingerprint density at radius 2 is 2.57 bits per heavy atom. The van der Waals surface area contributed by atoms with E-state index in [4.69, 9.17) is 0 Å². The van der Waals surface area contributed by atoms with Gasteiger partial charge in [0.1, 0.15) is 0 Å². The number of rotatable bonds is 5. The minimum absolute atomic E-state index is 0.0307. The zero-order valence-corrected chi connectivity index (χ0v) is 9.23. The summed E-state index contributed by atoms with van der Waals surface area (Å²) in [4.78, 5) is 11.4. The summed E-state index contributed by atoms with van der Waals surface area (Å²) >= 11 is 1.68. The summed E-state index contributed by atoms with van der Waals surface area (Å²) in [5.41, 5.74) is 1.00. The summed E-state index contributed by atoms with van der Waals surface area (Å²) in [6, 6.07) is 0.0307. The van der Waals surface area contributed by atoms with Crippen molar-refractivity contribution >= 4 is 17.7 Å². The molecule has 4 nitrogen and oxygen atoms in total. The average Bonchev–Trinajstić information content (AvgIpc) is 2.67. The van der Waals surface area contributed by atoms with Gasteiger partial charge in [-0.05, 0) is 13.2 Å². The molecule has 0 saturated carbocycles. The van der Waals surface area contributed by atoms with Gasteiger partial charge in [0.25, 0.3) is 0 Å². The molecule has 0 aliphatic heterocycles. The molecule has 1 unspecified atom stereocenters. The first-order valence-corrected chi connectivity index (χ1v) is 5.90. The topological polar surface area (TPSA) is 57.8 Å². The number of nitrogens with zero attached hydrogens (tertiary/aromatic N) is 1. The van der Waals surface area contributed by atoms with Crippen LogP contribution in [0.4, 0.5) is 0 Å². The summed E-state index contributed by atoms with van der Waals surface area (Å²) in [5.74, 6) is 0.956. The maximum absolute atomic E-state index is 11.4. The predicted octanol–water partition coefficient (Wildman–Crippen LogP) is 1.34. The monoisotopic (exact) mass is 213 g/mol. The smallest absolute Gasteiger partial charge is 0.221 e. The first kappa shape index (κ1) is 11.1. The standard InChI is InChI=1S/C9H15N3OS/c1-7(8-5-10-11-6-8)12-9(13)3-4-14-2/h5-7H,3-4H2,1-2H3,(H,10,11)(H,12,13). The molecule has 78 valence electrons. The number of aromatic nitrogens is 2. The third-order valence-electron chi connectivity index (χ3n) is 1.93. The molecule has 1 aromatic rings. The Labute approximate surface area is 87.9 Å². The van der Waals surface area contributed by atoms with Crippen molar-refractivity contribution in [3.63, 3.8) is 0 Å². The van der Waals surface area contributed by atoms with Gasteiger partial charge in [0.2, 0.25) is 5.91 Å². The second-order valence-electron chi connectivity index (χ2n) is 3.06. The molecule has 0 bridgehead atoms. The third-order valence-corrected chi connectivity index (χ3v) is 2.54. The molecular formula is C9H15N3OS. The fourth-order valence-corrected chi connectivity index (χ4v) is 1.48. The molecule has 0 radical (unpaired) electrons. The Bertz CT molecular complexity index is 274. The van der Waals surface area contributed by atoms with Gasteiger partial charge in [-0.3, -0.25) is 9.89 Å². The van der Waals surface area contributed by atoms with Gasteiger partial charge in [0.05, 0.1) is 12.2 Å². The van der Waals surface area contributed by atoms with Crippen molar-refractivity contribution in [1.82, 2.24) is 15.5 Å². The summed E-state index contributed by atoms with van der Waals surface area (Å²) < 4.78 is 0. The molecule has 0 aromatic carbocycles. The maximum atomic E-state index is 11.4. The highest BCUT2D eigenvalue weighted by molar-refractivity contribution is 7.98. The Hall–Kier alpha value is -0.970. The molecule has 0 saturated heterocycles. The van der Waals surface area contributed by atoms with Crippen LogP contribution in [0, 0.1) is 0 Å². The molecule has 5 heteroatoms. The van der Waals surface area contributed by atoms with E-state index in [-0.39, 0.29) is 11.9 Å². The van der Waals surface area contributed by atoms with Crippen LogP contribution in [0.5, 0.6) is 0 Å². The van der Waals surface area contributed by atoms with Gasteiger partial charge in [-0.1, -0.05) is 0 Å². The van der Waals surface area contributed by atoms with Gasteiger partial charge >= 0.3 is 0 Å². The second kappa shape index (κ2) is 5.70. The number of thioether (sulfide) groups is 1. The van der Waals surface area contributed by atoms with E-state index >= 15 is 0 Å². The summed E-state index contributed by atoms with van der Waals surface area (Å²) in [6.45, 7) is 1.95.